The third kappa shape index (κ3) is 3.45. The van der Waals surface area contributed by atoms with Crippen LogP contribution in [-0.4, -0.2) is 32.0 Å². The van der Waals surface area contributed by atoms with Gasteiger partial charge in [-0.15, -0.1) is 0 Å². The SMILES string of the molecule is Cc1ncc2c(N[C@@H]3c4ccc(O)c(F)c4C(C)(C)C[C@]3(O)C(F)(F)F)cc(F)c(F)c2n1. The van der Waals surface area contributed by atoms with Crippen LogP contribution in [0.3, 0.4) is 0 Å². The summed E-state index contributed by atoms with van der Waals surface area (Å²) in [7, 11) is 0. The van der Waals surface area contributed by atoms with Crippen molar-refractivity contribution >= 4 is 16.6 Å². The number of benzene rings is 2. The molecule has 11 heteroatoms. The van der Waals surface area contributed by atoms with E-state index < -0.39 is 58.4 Å². The molecule has 0 radical (unpaired) electrons. The van der Waals surface area contributed by atoms with Gasteiger partial charge in [-0.1, -0.05) is 19.9 Å². The normalized spacial score (nSPS) is 22.3. The summed E-state index contributed by atoms with van der Waals surface area (Å²) < 4.78 is 86.1. The number of aliphatic hydroxyl groups is 1. The predicted molar refractivity (Wildman–Crippen MR) is 107 cm³/mol. The number of phenols is 1. The molecule has 0 spiro atoms. The fraction of sp³-hybridized carbons (Fsp3) is 0.364. The van der Waals surface area contributed by atoms with Crippen molar-refractivity contribution in [2.75, 3.05) is 5.32 Å². The number of alkyl halides is 3. The summed E-state index contributed by atoms with van der Waals surface area (Å²) in [5.41, 5.74) is -6.25. The average Bonchev–Trinajstić information content (AvgIpc) is 2.69. The van der Waals surface area contributed by atoms with Gasteiger partial charge in [-0.05, 0) is 30.4 Å². The van der Waals surface area contributed by atoms with E-state index in [2.05, 4.69) is 15.3 Å². The molecule has 176 valence electrons. The van der Waals surface area contributed by atoms with Crippen molar-refractivity contribution in [3.63, 3.8) is 0 Å². The summed E-state index contributed by atoms with van der Waals surface area (Å²) in [6.45, 7) is 4.05. The van der Waals surface area contributed by atoms with E-state index in [9.17, 15) is 36.6 Å². The first-order valence-corrected chi connectivity index (χ1v) is 9.86. The molecular formula is C22H19F6N3O2. The Labute approximate surface area is 184 Å². The maximum Gasteiger partial charge on any atom is 0.419 e. The summed E-state index contributed by atoms with van der Waals surface area (Å²) in [5, 5.41) is 23.1. The fourth-order valence-corrected chi connectivity index (χ4v) is 4.58. The number of aromatic hydroxyl groups is 1. The highest BCUT2D eigenvalue weighted by molar-refractivity contribution is 5.91. The molecular weight excluding hydrogens is 452 g/mol. The van der Waals surface area contributed by atoms with Crippen LogP contribution < -0.4 is 5.32 Å². The molecule has 0 unspecified atom stereocenters. The third-order valence-corrected chi connectivity index (χ3v) is 6.01. The van der Waals surface area contributed by atoms with E-state index in [1.165, 1.54) is 20.8 Å². The number of anilines is 1. The largest absolute Gasteiger partial charge is 0.505 e. The molecule has 2 atom stereocenters. The summed E-state index contributed by atoms with van der Waals surface area (Å²) in [6.07, 6.45) is -5.04. The maximum atomic E-state index is 14.9. The van der Waals surface area contributed by atoms with Gasteiger partial charge < -0.3 is 15.5 Å². The molecule has 1 aromatic heterocycles. The first kappa shape index (κ1) is 23.1. The lowest BCUT2D eigenvalue weighted by Gasteiger charge is -2.49. The minimum absolute atomic E-state index is 0.104. The Balaban J connectivity index is 1.99. The molecule has 0 bridgehead atoms. The fourth-order valence-electron chi connectivity index (χ4n) is 4.58. The lowest BCUT2D eigenvalue weighted by Crippen LogP contribution is -2.58. The van der Waals surface area contributed by atoms with Crippen LogP contribution >= 0.6 is 0 Å². The summed E-state index contributed by atoms with van der Waals surface area (Å²) in [6, 6.07) is 0.538. The van der Waals surface area contributed by atoms with Crippen LogP contribution in [0.2, 0.25) is 0 Å². The zero-order chi connectivity index (χ0) is 24.5. The molecule has 0 saturated carbocycles. The van der Waals surface area contributed by atoms with Crippen LogP contribution in [0.15, 0.2) is 24.4 Å². The molecule has 0 aliphatic heterocycles. The number of phenolic OH excluding ortho intramolecular Hbond substituents is 1. The van der Waals surface area contributed by atoms with Crippen LogP contribution in [-0.2, 0) is 5.41 Å². The number of aromatic nitrogens is 2. The molecule has 2 aromatic carbocycles. The van der Waals surface area contributed by atoms with E-state index in [4.69, 9.17) is 0 Å². The van der Waals surface area contributed by atoms with Gasteiger partial charge in [0.05, 0.1) is 6.04 Å². The van der Waals surface area contributed by atoms with Gasteiger partial charge in [0.1, 0.15) is 11.3 Å². The highest BCUT2D eigenvalue weighted by atomic mass is 19.4. The van der Waals surface area contributed by atoms with Crippen LogP contribution in [0.25, 0.3) is 10.9 Å². The van der Waals surface area contributed by atoms with E-state index in [0.29, 0.717) is 6.07 Å². The molecule has 5 nitrogen and oxygen atoms in total. The molecule has 1 heterocycles. The lowest BCUT2D eigenvalue weighted by atomic mass is 9.63. The third-order valence-electron chi connectivity index (χ3n) is 6.01. The van der Waals surface area contributed by atoms with Crippen molar-refractivity contribution < 1.29 is 36.6 Å². The van der Waals surface area contributed by atoms with Crippen molar-refractivity contribution in [2.24, 2.45) is 0 Å². The molecule has 0 saturated heterocycles. The first-order chi connectivity index (χ1) is 15.2. The highest BCUT2D eigenvalue weighted by Gasteiger charge is 2.64. The number of nitrogens with one attached hydrogen (secondary N) is 1. The van der Waals surface area contributed by atoms with Crippen molar-refractivity contribution in [2.45, 2.75) is 50.4 Å². The van der Waals surface area contributed by atoms with Crippen molar-refractivity contribution in [3.8, 4) is 5.75 Å². The lowest BCUT2D eigenvalue weighted by molar-refractivity contribution is -0.276. The van der Waals surface area contributed by atoms with Crippen LogP contribution in [0, 0.1) is 24.4 Å². The van der Waals surface area contributed by atoms with Gasteiger partial charge >= 0.3 is 6.18 Å². The van der Waals surface area contributed by atoms with E-state index in [1.807, 2.05) is 0 Å². The van der Waals surface area contributed by atoms with Gasteiger partial charge in [0.15, 0.2) is 28.8 Å². The Bertz CT molecular complexity index is 1280. The average molecular weight is 471 g/mol. The standard InChI is InChI=1S/C22H19F6N3O2/c1-9-29-7-11-13(6-12(23)16(24)18(11)30-9)31-19-10-4-5-14(32)17(25)15(10)20(2,3)8-21(19,33)22(26,27)28/h4-7,19,31-33H,8H2,1-3H3/t19-,21-/m1/s1. The molecule has 1 aliphatic carbocycles. The molecule has 1 aliphatic rings. The Kier molecular flexibility index (Phi) is 5.04. The second-order valence-electron chi connectivity index (χ2n) is 8.82. The van der Waals surface area contributed by atoms with E-state index in [1.54, 1.807) is 0 Å². The topological polar surface area (TPSA) is 78.3 Å². The number of hydrogen-bond donors (Lipinski definition) is 3. The Hall–Kier alpha value is -3.08. The van der Waals surface area contributed by atoms with Gasteiger partial charge in [0, 0.05) is 28.9 Å². The minimum Gasteiger partial charge on any atom is -0.505 e. The van der Waals surface area contributed by atoms with E-state index in [-0.39, 0.29) is 28.0 Å². The summed E-state index contributed by atoms with van der Waals surface area (Å²) in [5.74, 6) is -4.48. The molecule has 33 heavy (non-hydrogen) atoms. The smallest absolute Gasteiger partial charge is 0.419 e. The number of nitrogens with zero attached hydrogens (tertiary/aromatic N) is 2. The van der Waals surface area contributed by atoms with Crippen LogP contribution in [0.5, 0.6) is 5.75 Å². The van der Waals surface area contributed by atoms with Crippen molar-refractivity contribution in [1.82, 2.24) is 9.97 Å². The van der Waals surface area contributed by atoms with Gasteiger partial charge in [-0.3, -0.25) is 0 Å². The number of rotatable bonds is 2. The number of aryl methyl sites for hydroxylation is 1. The maximum absolute atomic E-state index is 14.9. The van der Waals surface area contributed by atoms with Crippen LogP contribution in [0.4, 0.5) is 32.0 Å². The van der Waals surface area contributed by atoms with Crippen molar-refractivity contribution in [3.05, 3.63) is 58.8 Å². The minimum atomic E-state index is -5.19. The van der Waals surface area contributed by atoms with E-state index in [0.717, 1.165) is 18.3 Å². The van der Waals surface area contributed by atoms with E-state index >= 15 is 0 Å². The molecule has 3 N–H and O–H groups in total. The summed E-state index contributed by atoms with van der Waals surface area (Å²) >= 11 is 0. The number of halogens is 6. The Morgan fingerprint density at radius 1 is 1.12 bits per heavy atom. The zero-order valence-electron chi connectivity index (χ0n) is 17.7. The molecule has 0 amide bonds. The second kappa shape index (κ2) is 7.21. The Morgan fingerprint density at radius 3 is 2.42 bits per heavy atom. The highest BCUT2D eigenvalue weighted by Crippen LogP contribution is 2.55. The van der Waals surface area contributed by atoms with Gasteiger partial charge in [-0.2, -0.15) is 13.2 Å². The number of fused-ring (bicyclic) bond motifs is 2. The first-order valence-electron chi connectivity index (χ1n) is 9.86. The molecule has 0 fully saturated rings. The zero-order valence-corrected chi connectivity index (χ0v) is 17.7. The number of hydrogen-bond acceptors (Lipinski definition) is 5. The second-order valence-corrected chi connectivity index (χ2v) is 8.82. The molecule has 3 aromatic rings. The van der Waals surface area contributed by atoms with Gasteiger partial charge in [0.25, 0.3) is 0 Å². The Morgan fingerprint density at radius 2 is 1.79 bits per heavy atom. The predicted octanol–water partition coefficient (Wildman–Crippen LogP) is 5.19. The monoisotopic (exact) mass is 471 g/mol. The van der Waals surface area contributed by atoms with Crippen LogP contribution in [0.1, 0.15) is 43.3 Å². The summed E-state index contributed by atoms with van der Waals surface area (Å²) in [4.78, 5) is 7.72. The quantitative estimate of drug-likeness (QED) is 0.449. The van der Waals surface area contributed by atoms with Gasteiger partial charge in [0.2, 0.25) is 0 Å². The molecule has 4 rings (SSSR count). The van der Waals surface area contributed by atoms with Gasteiger partial charge in [-0.25, -0.2) is 23.1 Å². The van der Waals surface area contributed by atoms with Crippen molar-refractivity contribution in [1.29, 1.82) is 0 Å².